The van der Waals surface area contributed by atoms with Gasteiger partial charge in [0, 0.05) is 6.54 Å². The van der Waals surface area contributed by atoms with Crippen molar-refractivity contribution in [3.63, 3.8) is 0 Å². The third kappa shape index (κ3) is 3.55. The van der Waals surface area contributed by atoms with Crippen LogP contribution in [-0.4, -0.2) is 24.8 Å². The topological polar surface area (TPSA) is 80.4 Å². The van der Waals surface area contributed by atoms with Gasteiger partial charge in [0.05, 0.1) is 5.25 Å². The summed E-state index contributed by atoms with van der Waals surface area (Å²) in [6, 6.07) is 0. The van der Waals surface area contributed by atoms with Crippen LogP contribution in [0.3, 0.4) is 0 Å². The SMILES string of the molecule is NCC(CC1CCCCC1)S(=O)(=O)O. The molecule has 0 aliphatic heterocycles. The summed E-state index contributed by atoms with van der Waals surface area (Å²) in [4.78, 5) is 0. The highest BCUT2D eigenvalue weighted by Crippen LogP contribution is 2.28. The molecule has 5 heteroatoms. The first-order chi connectivity index (χ1) is 6.54. The van der Waals surface area contributed by atoms with Gasteiger partial charge in [-0.25, -0.2) is 0 Å². The molecule has 1 fully saturated rings. The molecule has 4 nitrogen and oxygen atoms in total. The highest BCUT2D eigenvalue weighted by Gasteiger charge is 2.26. The van der Waals surface area contributed by atoms with Gasteiger partial charge in [-0.15, -0.1) is 0 Å². The maximum atomic E-state index is 10.9. The largest absolute Gasteiger partial charge is 0.329 e. The van der Waals surface area contributed by atoms with Gasteiger partial charge in [-0.1, -0.05) is 32.1 Å². The average molecular weight is 221 g/mol. The molecule has 0 saturated heterocycles. The van der Waals surface area contributed by atoms with Crippen LogP contribution < -0.4 is 5.73 Å². The Morgan fingerprint density at radius 3 is 2.29 bits per heavy atom. The van der Waals surface area contributed by atoms with E-state index in [-0.39, 0.29) is 6.54 Å². The van der Waals surface area contributed by atoms with Gasteiger partial charge >= 0.3 is 0 Å². The van der Waals surface area contributed by atoms with Crippen molar-refractivity contribution in [3.05, 3.63) is 0 Å². The van der Waals surface area contributed by atoms with Crippen LogP contribution in [0.15, 0.2) is 0 Å². The van der Waals surface area contributed by atoms with Gasteiger partial charge in [0.25, 0.3) is 10.1 Å². The molecule has 84 valence electrons. The molecule has 0 spiro atoms. The molecule has 1 atom stereocenters. The Kier molecular flexibility index (Phi) is 4.34. The molecule has 1 aliphatic rings. The summed E-state index contributed by atoms with van der Waals surface area (Å²) in [5, 5.41) is -0.759. The molecule has 1 unspecified atom stereocenters. The summed E-state index contributed by atoms with van der Waals surface area (Å²) in [6.45, 7) is 0.0231. The second-order valence-corrected chi connectivity index (χ2v) is 5.81. The second kappa shape index (κ2) is 5.09. The fraction of sp³-hybridized carbons (Fsp3) is 1.00. The van der Waals surface area contributed by atoms with Crippen molar-refractivity contribution in [1.29, 1.82) is 0 Å². The van der Waals surface area contributed by atoms with Crippen LogP contribution in [-0.2, 0) is 10.1 Å². The van der Waals surface area contributed by atoms with Crippen molar-refractivity contribution in [1.82, 2.24) is 0 Å². The maximum absolute atomic E-state index is 10.9. The first-order valence-corrected chi connectivity index (χ1v) is 6.70. The number of rotatable bonds is 4. The molecule has 14 heavy (non-hydrogen) atoms. The summed E-state index contributed by atoms with van der Waals surface area (Å²) in [7, 11) is -3.94. The van der Waals surface area contributed by atoms with Gasteiger partial charge < -0.3 is 5.73 Å². The Morgan fingerprint density at radius 1 is 1.29 bits per heavy atom. The quantitative estimate of drug-likeness (QED) is 0.698. The molecule has 0 aromatic carbocycles. The van der Waals surface area contributed by atoms with Crippen LogP contribution >= 0.6 is 0 Å². The molecular formula is C9H19NO3S. The van der Waals surface area contributed by atoms with E-state index in [4.69, 9.17) is 10.3 Å². The second-order valence-electron chi connectivity index (χ2n) is 4.11. The van der Waals surface area contributed by atoms with E-state index in [1.807, 2.05) is 0 Å². The van der Waals surface area contributed by atoms with Gasteiger partial charge in [-0.2, -0.15) is 8.42 Å². The monoisotopic (exact) mass is 221 g/mol. The standard InChI is InChI=1S/C9H19NO3S/c10-7-9(14(11,12)13)6-8-4-2-1-3-5-8/h8-9H,1-7,10H2,(H,11,12,13). The smallest absolute Gasteiger partial charge is 0.269 e. The lowest BCUT2D eigenvalue weighted by molar-refractivity contribution is 0.328. The fourth-order valence-corrected chi connectivity index (χ4v) is 2.89. The van der Waals surface area contributed by atoms with Gasteiger partial charge in [0.1, 0.15) is 0 Å². The van der Waals surface area contributed by atoms with E-state index in [1.54, 1.807) is 0 Å². The van der Waals surface area contributed by atoms with Gasteiger partial charge in [0.2, 0.25) is 0 Å². The molecule has 0 aromatic rings. The number of hydrogen-bond donors (Lipinski definition) is 2. The van der Waals surface area contributed by atoms with Gasteiger partial charge in [0.15, 0.2) is 0 Å². The zero-order valence-electron chi connectivity index (χ0n) is 8.35. The predicted molar refractivity (Wildman–Crippen MR) is 55.6 cm³/mol. The minimum absolute atomic E-state index is 0.0231. The zero-order chi connectivity index (χ0) is 10.6. The Bertz CT molecular complexity index is 257. The predicted octanol–water partition coefficient (Wildman–Crippen LogP) is 1.17. The number of nitrogens with two attached hydrogens (primary N) is 1. The lowest BCUT2D eigenvalue weighted by Crippen LogP contribution is -2.31. The molecule has 0 amide bonds. The van der Waals surface area contributed by atoms with Crippen LogP contribution in [0.25, 0.3) is 0 Å². The molecular weight excluding hydrogens is 202 g/mol. The molecule has 3 N–H and O–H groups in total. The zero-order valence-corrected chi connectivity index (χ0v) is 9.17. The Morgan fingerprint density at radius 2 is 1.86 bits per heavy atom. The Hall–Kier alpha value is -0.130. The van der Waals surface area contributed by atoms with Gasteiger partial charge in [-0.05, 0) is 12.3 Å². The summed E-state index contributed by atoms with van der Waals surface area (Å²) in [5.41, 5.74) is 5.34. The van der Waals surface area contributed by atoms with E-state index in [1.165, 1.54) is 19.3 Å². The summed E-state index contributed by atoms with van der Waals surface area (Å²) in [6.07, 6.45) is 6.27. The Balaban J connectivity index is 2.47. The van der Waals surface area contributed by atoms with E-state index >= 15 is 0 Å². The van der Waals surface area contributed by atoms with E-state index in [0.29, 0.717) is 12.3 Å². The Labute approximate surface area is 85.6 Å². The molecule has 1 aliphatic carbocycles. The highest BCUT2D eigenvalue weighted by atomic mass is 32.2. The van der Waals surface area contributed by atoms with Gasteiger partial charge in [-0.3, -0.25) is 4.55 Å². The maximum Gasteiger partial charge on any atom is 0.269 e. The lowest BCUT2D eigenvalue weighted by Gasteiger charge is -2.24. The molecule has 0 radical (unpaired) electrons. The van der Waals surface area contributed by atoms with Crippen LogP contribution in [0.2, 0.25) is 0 Å². The fourth-order valence-electron chi connectivity index (χ4n) is 2.13. The molecule has 1 saturated carbocycles. The first-order valence-electron chi connectivity index (χ1n) is 5.20. The average Bonchev–Trinajstić information content (AvgIpc) is 2.14. The van der Waals surface area contributed by atoms with Crippen molar-refractivity contribution in [3.8, 4) is 0 Å². The normalized spacial score (nSPS) is 22.1. The lowest BCUT2D eigenvalue weighted by atomic mass is 9.86. The van der Waals surface area contributed by atoms with Crippen LogP contribution in [0.1, 0.15) is 38.5 Å². The van der Waals surface area contributed by atoms with E-state index in [2.05, 4.69) is 0 Å². The first kappa shape index (κ1) is 11.9. The van der Waals surface area contributed by atoms with E-state index in [9.17, 15) is 8.42 Å². The van der Waals surface area contributed by atoms with Crippen molar-refractivity contribution >= 4 is 10.1 Å². The minimum atomic E-state index is -3.94. The highest BCUT2D eigenvalue weighted by molar-refractivity contribution is 7.86. The minimum Gasteiger partial charge on any atom is -0.329 e. The third-order valence-electron chi connectivity index (χ3n) is 3.01. The van der Waals surface area contributed by atoms with E-state index < -0.39 is 15.4 Å². The molecule has 0 bridgehead atoms. The van der Waals surface area contributed by atoms with Crippen molar-refractivity contribution in [2.75, 3.05) is 6.54 Å². The molecule has 0 heterocycles. The summed E-state index contributed by atoms with van der Waals surface area (Å²) < 4.78 is 30.7. The molecule has 1 rings (SSSR count). The summed E-state index contributed by atoms with van der Waals surface area (Å²) in [5.74, 6) is 0.430. The van der Waals surface area contributed by atoms with Crippen LogP contribution in [0.5, 0.6) is 0 Å². The third-order valence-corrected chi connectivity index (χ3v) is 4.23. The van der Waals surface area contributed by atoms with Crippen LogP contribution in [0.4, 0.5) is 0 Å². The van der Waals surface area contributed by atoms with Crippen molar-refractivity contribution in [2.24, 2.45) is 11.7 Å². The van der Waals surface area contributed by atoms with E-state index in [0.717, 1.165) is 12.8 Å². The van der Waals surface area contributed by atoms with Crippen molar-refractivity contribution < 1.29 is 13.0 Å². The number of hydrogen-bond acceptors (Lipinski definition) is 3. The molecule has 0 aromatic heterocycles. The van der Waals surface area contributed by atoms with Crippen LogP contribution in [0, 0.1) is 5.92 Å². The van der Waals surface area contributed by atoms with Crippen molar-refractivity contribution in [2.45, 2.75) is 43.8 Å². The summed E-state index contributed by atoms with van der Waals surface area (Å²) >= 11 is 0.